The highest BCUT2D eigenvalue weighted by Crippen LogP contribution is 2.16. The number of likely N-dealkylation sites (tertiary alicyclic amines) is 1. The molecule has 1 unspecified atom stereocenters. The first-order valence-corrected chi connectivity index (χ1v) is 8.64. The summed E-state index contributed by atoms with van der Waals surface area (Å²) in [6.45, 7) is 2.66. The third-order valence-electron chi connectivity index (χ3n) is 3.83. The van der Waals surface area contributed by atoms with Crippen LogP contribution in [0.25, 0.3) is 0 Å². The molecule has 20 heavy (non-hydrogen) atoms. The summed E-state index contributed by atoms with van der Waals surface area (Å²) < 4.78 is 25.6. The molecule has 0 radical (unpaired) electrons. The zero-order valence-corrected chi connectivity index (χ0v) is 12.4. The number of hydrogen-bond acceptors (Lipinski definition) is 4. The molecule has 0 bridgehead atoms. The number of piperidine rings is 1. The Morgan fingerprint density at radius 2 is 2.00 bits per heavy atom. The molecule has 2 heterocycles. The molecule has 114 valence electrons. The Bertz CT molecular complexity index is 483. The average Bonchev–Trinajstić information content (AvgIpc) is 2.85. The smallest absolute Gasteiger partial charge is 0.245 e. The van der Waals surface area contributed by atoms with E-state index in [1.165, 1.54) is 0 Å². The van der Waals surface area contributed by atoms with Gasteiger partial charge in [-0.15, -0.1) is 0 Å². The average molecular weight is 303 g/mol. The minimum atomic E-state index is -3.19. The number of carbonyl (C=O) groups is 2. The van der Waals surface area contributed by atoms with Gasteiger partial charge >= 0.3 is 0 Å². The van der Waals surface area contributed by atoms with Gasteiger partial charge in [0.05, 0.1) is 5.75 Å². The lowest BCUT2D eigenvalue weighted by molar-refractivity contribution is -0.135. The molecular weight excluding hydrogens is 282 g/mol. The molecule has 0 aliphatic carbocycles. The quantitative estimate of drug-likeness (QED) is 0.710. The first kappa shape index (κ1) is 15.2. The van der Waals surface area contributed by atoms with Crippen molar-refractivity contribution in [2.75, 3.05) is 18.8 Å². The largest absolute Gasteiger partial charge is 0.344 e. The molecule has 0 aromatic rings. The van der Waals surface area contributed by atoms with Gasteiger partial charge in [0.25, 0.3) is 0 Å². The van der Waals surface area contributed by atoms with Gasteiger partial charge in [-0.1, -0.05) is 0 Å². The minimum Gasteiger partial charge on any atom is -0.344 e. The van der Waals surface area contributed by atoms with Gasteiger partial charge in [-0.2, -0.15) is 0 Å². The van der Waals surface area contributed by atoms with E-state index in [1.807, 2.05) is 0 Å². The Labute approximate surface area is 119 Å². The molecule has 2 amide bonds. The Morgan fingerprint density at radius 1 is 1.35 bits per heavy atom. The predicted octanol–water partition coefficient (Wildman–Crippen LogP) is -0.805. The van der Waals surface area contributed by atoms with Crippen molar-refractivity contribution in [3.05, 3.63) is 0 Å². The summed E-state index contributed by atoms with van der Waals surface area (Å²) in [6.07, 6.45) is 2.19. The zero-order chi connectivity index (χ0) is 14.8. The molecule has 2 fully saturated rings. The van der Waals surface area contributed by atoms with E-state index in [9.17, 15) is 18.0 Å². The Balaban J connectivity index is 1.82. The first-order chi connectivity index (χ1) is 9.41. The minimum absolute atomic E-state index is 0.0485. The normalized spacial score (nSPS) is 24.8. The Hall–Kier alpha value is -1.15. The highest BCUT2D eigenvalue weighted by molar-refractivity contribution is 7.89. The van der Waals surface area contributed by atoms with Crippen LogP contribution in [0.5, 0.6) is 0 Å². The van der Waals surface area contributed by atoms with Crippen molar-refractivity contribution < 1.29 is 18.0 Å². The maximum absolute atomic E-state index is 12.2. The molecule has 0 aromatic heterocycles. The summed E-state index contributed by atoms with van der Waals surface area (Å²) >= 11 is 0. The lowest BCUT2D eigenvalue weighted by Crippen LogP contribution is -2.51. The lowest BCUT2D eigenvalue weighted by atomic mass is 10.0. The number of nitrogens with zero attached hydrogens (tertiary/aromatic N) is 1. The van der Waals surface area contributed by atoms with E-state index in [0.29, 0.717) is 38.8 Å². The second kappa shape index (κ2) is 6.09. The third kappa shape index (κ3) is 3.69. The predicted molar refractivity (Wildman–Crippen MR) is 73.4 cm³/mol. The van der Waals surface area contributed by atoms with Crippen molar-refractivity contribution >= 4 is 21.8 Å². The van der Waals surface area contributed by atoms with Crippen LogP contribution in [0.15, 0.2) is 0 Å². The van der Waals surface area contributed by atoms with E-state index in [2.05, 4.69) is 10.0 Å². The van der Waals surface area contributed by atoms with E-state index in [4.69, 9.17) is 0 Å². The number of amides is 2. The Morgan fingerprint density at radius 3 is 2.50 bits per heavy atom. The number of hydrogen-bond donors (Lipinski definition) is 2. The van der Waals surface area contributed by atoms with Crippen molar-refractivity contribution in [3.8, 4) is 0 Å². The van der Waals surface area contributed by atoms with Crippen LogP contribution in [0.3, 0.4) is 0 Å². The van der Waals surface area contributed by atoms with Crippen molar-refractivity contribution in [2.24, 2.45) is 0 Å². The number of sulfonamides is 1. The van der Waals surface area contributed by atoms with Gasteiger partial charge in [0.1, 0.15) is 6.04 Å². The second-order valence-corrected chi connectivity index (χ2v) is 7.32. The van der Waals surface area contributed by atoms with Crippen LogP contribution >= 0.6 is 0 Å². The van der Waals surface area contributed by atoms with E-state index >= 15 is 0 Å². The SMILES string of the molecule is CCS(=O)(=O)NC1CCN(C(=O)C2CCC(=O)N2)CC1. The highest BCUT2D eigenvalue weighted by Gasteiger charge is 2.33. The van der Waals surface area contributed by atoms with Gasteiger partial charge in [0.2, 0.25) is 21.8 Å². The lowest BCUT2D eigenvalue weighted by Gasteiger charge is -2.33. The van der Waals surface area contributed by atoms with E-state index in [-0.39, 0.29) is 23.6 Å². The fourth-order valence-electron chi connectivity index (χ4n) is 2.57. The number of rotatable bonds is 4. The maximum atomic E-state index is 12.2. The van der Waals surface area contributed by atoms with Crippen molar-refractivity contribution in [1.82, 2.24) is 14.9 Å². The van der Waals surface area contributed by atoms with Crippen LogP contribution in [-0.4, -0.2) is 56.1 Å². The third-order valence-corrected chi connectivity index (χ3v) is 5.28. The van der Waals surface area contributed by atoms with Crippen molar-refractivity contribution in [1.29, 1.82) is 0 Å². The van der Waals surface area contributed by atoms with Crippen molar-refractivity contribution in [2.45, 2.75) is 44.7 Å². The molecule has 2 N–H and O–H groups in total. The molecule has 2 aliphatic heterocycles. The van der Waals surface area contributed by atoms with E-state index < -0.39 is 16.1 Å². The van der Waals surface area contributed by atoms with Gasteiger partial charge in [-0.05, 0) is 26.2 Å². The van der Waals surface area contributed by atoms with E-state index in [0.717, 1.165) is 0 Å². The van der Waals surface area contributed by atoms with Crippen LogP contribution in [-0.2, 0) is 19.6 Å². The Kier molecular flexibility index (Phi) is 4.64. The molecule has 0 saturated carbocycles. The molecule has 0 spiro atoms. The fourth-order valence-corrected chi connectivity index (χ4v) is 3.48. The molecule has 2 aliphatic rings. The summed E-state index contributed by atoms with van der Waals surface area (Å²) in [5.41, 5.74) is 0. The fraction of sp³-hybridized carbons (Fsp3) is 0.833. The van der Waals surface area contributed by atoms with Gasteiger partial charge < -0.3 is 10.2 Å². The van der Waals surface area contributed by atoms with Crippen LogP contribution < -0.4 is 10.0 Å². The molecule has 1 atom stereocenters. The number of carbonyl (C=O) groups excluding carboxylic acids is 2. The summed E-state index contributed by atoms with van der Waals surface area (Å²) in [4.78, 5) is 25.0. The highest BCUT2D eigenvalue weighted by atomic mass is 32.2. The van der Waals surface area contributed by atoms with Gasteiger partial charge in [-0.3, -0.25) is 9.59 Å². The summed E-state index contributed by atoms with van der Waals surface area (Å²) in [6, 6.07) is -0.492. The molecule has 8 heteroatoms. The summed E-state index contributed by atoms with van der Waals surface area (Å²) in [5.74, 6) is -0.0538. The summed E-state index contributed by atoms with van der Waals surface area (Å²) in [5, 5.41) is 2.67. The van der Waals surface area contributed by atoms with Crippen LogP contribution in [0, 0.1) is 0 Å². The summed E-state index contributed by atoms with van der Waals surface area (Å²) in [7, 11) is -3.19. The van der Waals surface area contributed by atoms with Crippen LogP contribution in [0.2, 0.25) is 0 Å². The molecule has 2 rings (SSSR count). The van der Waals surface area contributed by atoms with E-state index in [1.54, 1.807) is 11.8 Å². The van der Waals surface area contributed by atoms with Gasteiger partial charge in [0, 0.05) is 25.6 Å². The topological polar surface area (TPSA) is 95.6 Å². The first-order valence-electron chi connectivity index (χ1n) is 6.99. The maximum Gasteiger partial charge on any atom is 0.245 e. The van der Waals surface area contributed by atoms with Crippen LogP contribution in [0.4, 0.5) is 0 Å². The van der Waals surface area contributed by atoms with Crippen molar-refractivity contribution in [3.63, 3.8) is 0 Å². The van der Waals surface area contributed by atoms with Gasteiger partial charge in [0.15, 0.2) is 0 Å². The molecule has 0 aromatic carbocycles. The standard InChI is InChI=1S/C12H21N3O4S/c1-2-20(18,19)14-9-5-7-15(8-6-9)12(17)10-3-4-11(16)13-10/h9-10,14H,2-8H2,1H3,(H,13,16). The van der Waals surface area contributed by atoms with Crippen LogP contribution in [0.1, 0.15) is 32.6 Å². The molecule has 7 nitrogen and oxygen atoms in total. The monoisotopic (exact) mass is 303 g/mol. The zero-order valence-electron chi connectivity index (χ0n) is 11.6. The molecular formula is C12H21N3O4S. The van der Waals surface area contributed by atoms with Gasteiger partial charge in [-0.25, -0.2) is 13.1 Å². The second-order valence-electron chi connectivity index (χ2n) is 5.28. The molecule has 2 saturated heterocycles. The number of nitrogens with one attached hydrogen (secondary N) is 2.